The molecule has 1 fully saturated rings. The summed E-state index contributed by atoms with van der Waals surface area (Å²) in [6.07, 6.45) is 1.68. The van der Waals surface area contributed by atoms with E-state index in [1.807, 2.05) is 23.1 Å². The molecule has 28 heavy (non-hydrogen) atoms. The molecule has 1 N–H and O–H groups in total. The molecule has 1 aliphatic rings. The summed E-state index contributed by atoms with van der Waals surface area (Å²) < 4.78 is 0.934. The van der Waals surface area contributed by atoms with Crippen LogP contribution in [-0.2, 0) is 4.79 Å². The van der Waals surface area contributed by atoms with Gasteiger partial charge >= 0.3 is 0 Å². The van der Waals surface area contributed by atoms with Crippen molar-refractivity contribution >= 4 is 33.2 Å². The van der Waals surface area contributed by atoms with E-state index in [4.69, 9.17) is 0 Å². The smallest absolute Gasteiger partial charge is 0.267 e. The van der Waals surface area contributed by atoms with Gasteiger partial charge in [-0.15, -0.1) is 0 Å². The standard InChI is InChI=1S/C22H23BrN4O/c1-16-4-3-5-21(17(16)2)27-12-10-26(11-13-27)15-18(14-24)22(28)25-20-8-6-19(23)7-9-20/h3-9,15H,10-13H2,1-2H3,(H,25,28)/b18-15-. The Balaban J connectivity index is 1.63. The van der Waals surface area contributed by atoms with E-state index in [0.29, 0.717) is 5.69 Å². The first-order chi connectivity index (χ1) is 13.5. The molecule has 5 nitrogen and oxygen atoms in total. The number of anilines is 2. The van der Waals surface area contributed by atoms with Crippen LogP contribution in [0.4, 0.5) is 11.4 Å². The van der Waals surface area contributed by atoms with E-state index in [2.05, 4.69) is 58.2 Å². The summed E-state index contributed by atoms with van der Waals surface area (Å²) in [4.78, 5) is 16.8. The number of carbonyl (C=O) groups excluding carboxylic acids is 1. The van der Waals surface area contributed by atoms with Gasteiger partial charge in [-0.1, -0.05) is 28.1 Å². The number of aryl methyl sites for hydroxylation is 1. The van der Waals surface area contributed by atoms with Gasteiger partial charge in [0.25, 0.3) is 5.91 Å². The van der Waals surface area contributed by atoms with Crippen LogP contribution in [0.5, 0.6) is 0 Å². The minimum Gasteiger partial charge on any atom is -0.373 e. The van der Waals surface area contributed by atoms with E-state index in [1.54, 1.807) is 18.3 Å². The molecule has 0 bridgehead atoms. The normalized spacial score (nSPS) is 14.6. The highest BCUT2D eigenvalue weighted by atomic mass is 79.9. The summed E-state index contributed by atoms with van der Waals surface area (Å²) in [5.41, 5.74) is 4.63. The fraction of sp³-hybridized carbons (Fsp3) is 0.273. The first-order valence-corrected chi connectivity index (χ1v) is 10.0. The van der Waals surface area contributed by atoms with Gasteiger partial charge in [0.2, 0.25) is 0 Å². The third-order valence-corrected chi connectivity index (χ3v) is 5.54. The molecule has 2 aromatic carbocycles. The van der Waals surface area contributed by atoms with Gasteiger partial charge in [0.05, 0.1) is 0 Å². The third-order valence-electron chi connectivity index (χ3n) is 5.01. The van der Waals surface area contributed by atoms with Crippen molar-refractivity contribution in [3.8, 4) is 6.07 Å². The second-order valence-corrected chi connectivity index (χ2v) is 7.77. The SMILES string of the molecule is Cc1cccc(N2CCN(/C=C(/C#N)C(=O)Nc3ccc(Br)cc3)CC2)c1C. The van der Waals surface area contributed by atoms with Crippen molar-refractivity contribution in [3.63, 3.8) is 0 Å². The maximum absolute atomic E-state index is 12.4. The topological polar surface area (TPSA) is 59.4 Å². The van der Waals surface area contributed by atoms with E-state index in [0.717, 1.165) is 30.7 Å². The van der Waals surface area contributed by atoms with Crippen LogP contribution in [0.2, 0.25) is 0 Å². The number of halogens is 1. The predicted octanol–water partition coefficient (Wildman–Crippen LogP) is 4.23. The number of amides is 1. The van der Waals surface area contributed by atoms with E-state index < -0.39 is 0 Å². The van der Waals surface area contributed by atoms with Crippen LogP contribution in [0.25, 0.3) is 0 Å². The minimum atomic E-state index is -0.387. The highest BCUT2D eigenvalue weighted by Crippen LogP contribution is 2.24. The third kappa shape index (κ3) is 4.73. The molecule has 6 heteroatoms. The van der Waals surface area contributed by atoms with Crippen LogP contribution in [-0.4, -0.2) is 37.0 Å². The molecule has 0 atom stereocenters. The fourth-order valence-corrected chi connectivity index (χ4v) is 3.49. The minimum absolute atomic E-state index is 0.114. The van der Waals surface area contributed by atoms with Crippen molar-refractivity contribution in [1.29, 1.82) is 5.26 Å². The molecule has 0 radical (unpaired) electrons. The lowest BCUT2D eigenvalue weighted by molar-refractivity contribution is -0.112. The molecular weight excluding hydrogens is 416 g/mol. The number of piperazine rings is 1. The number of rotatable bonds is 4. The molecule has 1 heterocycles. The van der Waals surface area contributed by atoms with Gasteiger partial charge in [0.15, 0.2) is 0 Å². The zero-order valence-electron chi connectivity index (χ0n) is 16.1. The molecule has 1 aliphatic heterocycles. The molecule has 0 saturated carbocycles. The quantitative estimate of drug-likeness (QED) is 0.572. The maximum atomic E-state index is 12.4. The summed E-state index contributed by atoms with van der Waals surface area (Å²) in [5.74, 6) is -0.387. The lowest BCUT2D eigenvalue weighted by atomic mass is 10.1. The van der Waals surface area contributed by atoms with Crippen LogP contribution in [0, 0.1) is 25.2 Å². The summed E-state index contributed by atoms with van der Waals surface area (Å²) in [5, 5.41) is 12.2. The Morgan fingerprint density at radius 3 is 2.43 bits per heavy atom. The average molecular weight is 439 g/mol. The Kier molecular flexibility index (Phi) is 6.37. The zero-order valence-corrected chi connectivity index (χ0v) is 17.7. The molecule has 0 aliphatic carbocycles. The molecule has 0 aromatic heterocycles. The van der Waals surface area contributed by atoms with Crippen molar-refractivity contribution in [1.82, 2.24) is 4.90 Å². The van der Waals surface area contributed by atoms with Crippen LogP contribution in [0.1, 0.15) is 11.1 Å². The van der Waals surface area contributed by atoms with Gasteiger partial charge in [-0.05, 0) is 55.3 Å². The van der Waals surface area contributed by atoms with Crippen LogP contribution < -0.4 is 10.2 Å². The van der Waals surface area contributed by atoms with Crippen molar-refractivity contribution < 1.29 is 4.79 Å². The summed E-state index contributed by atoms with van der Waals surface area (Å²) in [6.45, 7) is 7.52. The van der Waals surface area contributed by atoms with Crippen molar-refractivity contribution in [3.05, 3.63) is 69.8 Å². The Morgan fingerprint density at radius 2 is 1.79 bits per heavy atom. The second-order valence-electron chi connectivity index (χ2n) is 6.86. The largest absolute Gasteiger partial charge is 0.373 e. The first-order valence-electron chi connectivity index (χ1n) is 9.22. The van der Waals surface area contributed by atoms with Gasteiger partial charge in [0, 0.05) is 48.2 Å². The Labute approximate surface area is 174 Å². The number of hydrogen-bond acceptors (Lipinski definition) is 4. The molecule has 0 spiro atoms. The zero-order chi connectivity index (χ0) is 20.1. The van der Waals surface area contributed by atoms with Gasteiger partial charge in [-0.3, -0.25) is 4.79 Å². The van der Waals surface area contributed by atoms with Crippen molar-refractivity contribution in [2.45, 2.75) is 13.8 Å². The first kappa shape index (κ1) is 20.0. The average Bonchev–Trinajstić information content (AvgIpc) is 2.70. The second kappa shape index (κ2) is 8.94. The molecule has 0 unspecified atom stereocenters. The lowest BCUT2D eigenvalue weighted by Crippen LogP contribution is -2.44. The maximum Gasteiger partial charge on any atom is 0.267 e. The lowest BCUT2D eigenvalue weighted by Gasteiger charge is -2.36. The molecule has 1 saturated heterocycles. The van der Waals surface area contributed by atoms with Gasteiger partial charge in [-0.2, -0.15) is 5.26 Å². The monoisotopic (exact) mass is 438 g/mol. The summed E-state index contributed by atoms with van der Waals surface area (Å²) in [7, 11) is 0. The Morgan fingerprint density at radius 1 is 1.11 bits per heavy atom. The molecule has 1 amide bonds. The number of nitrogens with zero attached hydrogens (tertiary/aromatic N) is 3. The number of nitrogens with one attached hydrogen (secondary N) is 1. The van der Waals surface area contributed by atoms with Crippen molar-refractivity contribution in [2.75, 3.05) is 36.4 Å². The highest BCUT2D eigenvalue weighted by Gasteiger charge is 2.19. The van der Waals surface area contributed by atoms with E-state index in [9.17, 15) is 10.1 Å². The van der Waals surface area contributed by atoms with Crippen LogP contribution in [0.3, 0.4) is 0 Å². The van der Waals surface area contributed by atoms with Gasteiger partial charge < -0.3 is 15.1 Å². The molecule has 2 aromatic rings. The highest BCUT2D eigenvalue weighted by molar-refractivity contribution is 9.10. The Bertz CT molecular complexity index is 923. The predicted molar refractivity (Wildman–Crippen MR) is 116 cm³/mol. The number of hydrogen-bond donors (Lipinski definition) is 1. The number of benzene rings is 2. The van der Waals surface area contributed by atoms with Gasteiger partial charge in [-0.25, -0.2) is 0 Å². The number of carbonyl (C=O) groups is 1. The van der Waals surface area contributed by atoms with Crippen LogP contribution in [0.15, 0.2) is 58.7 Å². The fourth-order valence-electron chi connectivity index (χ4n) is 3.22. The molecular formula is C22H23BrN4O. The van der Waals surface area contributed by atoms with Gasteiger partial charge in [0.1, 0.15) is 11.6 Å². The van der Waals surface area contributed by atoms with E-state index in [-0.39, 0.29) is 11.5 Å². The van der Waals surface area contributed by atoms with Crippen LogP contribution >= 0.6 is 15.9 Å². The van der Waals surface area contributed by atoms with Crippen molar-refractivity contribution in [2.24, 2.45) is 0 Å². The van der Waals surface area contributed by atoms with E-state index in [1.165, 1.54) is 16.8 Å². The number of nitriles is 1. The Hall–Kier alpha value is -2.78. The molecule has 144 valence electrons. The molecule has 3 rings (SSSR count). The van der Waals surface area contributed by atoms with E-state index >= 15 is 0 Å². The summed E-state index contributed by atoms with van der Waals surface area (Å²) >= 11 is 3.36. The summed E-state index contributed by atoms with van der Waals surface area (Å²) in [6, 6.07) is 15.7.